The number of amides is 1. The Bertz CT molecular complexity index is 371. The second kappa shape index (κ2) is 7.40. The number of halogens is 1. The normalized spacial score (nSPS) is 10.6. The SMILES string of the molecule is CCNC(=O)CN(CC)Cc1cncc(Br)c1. The molecular weight excluding hydrogens is 282 g/mol. The van der Waals surface area contributed by atoms with Crippen LogP contribution in [0.2, 0.25) is 0 Å². The van der Waals surface area contributed by atoms with Crippen LogP contribution in [-0.4, -0.2) is 35.4 Å². The first-order valence-electron chi connectivity index (χ1n) is 5.74. The number of likely N-dealkylation sites (N-methyl/N-ethyl adjacent to an activating group) is 2. The first-order chi connectivity index (χ1) is 8.15. The first-order valence-corrected chi connectivity index (χ1v) is 6.53. The van der Waals surface area contributed by atoms with Crippen LogP contribution >= 0.6 is 15.9 Å². The summed E-state index contributed by atoms with van der Waals surface area (Å²) in [6.45, 7) is 6.65. The molecule has 0 aromatic carbocycles. The van der Waals surface area contributed by atoms with Crippen molar-refractivity contribution in [1.82, 2.24) is 15.2 Å². The summed E-state index contributed by atoms with van der Waals surface area (Å²) in [4.78, 5) is 17.7. The molecule has 1 amide bonds. The van der Waals surface area contributed by atoms with Crippen LogP contribution in [0, 0.1) is 0 Å². The molecule has 1 aromatic heterocycles. The fraction of sp³-hybridized carbons (Fsp3) is 0.500. The van der Waals surface area contributed by atoms with E-state index in [9.17, 15) is 4.79 Å². The minimum Gasteiger partial charge on any atom is -0.355 e. The zero-order valence-electron chi connectivity index (χ0n) is 10.2. The van der Waals surface area contributed by atoms with Gasteiger partial charge in [-0.05, 0) is 41.0 Å². The fourth-order valence-electron chi connectivity index (χ4n) is 1.54. The molecule has 0 fully saturated rings. The Balaban J connectivity index is 2.54. The maximum atomic E-state index is 11.5. The van der Waals surface area contributed by atoms with Crippen molar-refractivity contribution in [3.8, 4) is 0 Å². The lowest BCUT2D eigenvalue weighted by Gasteiger charge is -2.19. The minimum absolute atomic E-state index is 0.0669. The molecule has 0 radical (unpaired) electrons. The predicted molar refractivity (Wildman–Crippen MR) is 71.6 cm³/mol. The van der Waals surface area contributed by atoms with Crippen molar-refractivity contribution in [2.24, 2.45) is 0 Å². The molecule has 0 unspecified atom stereocenters. The van der Waals surface area contributed by atoms with Gasteiger partial charge in [0.25, 0.3) is 0 Å². The smallest absolute Gasteiger partial charge is 0.234 e. The van der Waals surface area contributed by atoms with Crippen LogP contribution in [0.25, 0.3) is 0 Å². The van der Waals surface area contributed by atoms with Crippen molar-refractivity contribution in [1.29, 1.82) is 0 Å². The standard InChI is InChI=1S/C12H18BrN3O/c1-3-15-12(17)9-16(4-2)8-10-5-11(13)7-14-6-10/h5-7H,3-4,8-9H2,1-2H3,(H,15,17). The van der Waals surface area contributed by atoms with E-state index >= 15 is 0 Å². The van der Waals surface area contributed by atoms with Gasteiger partial charge in [-0.15, -0.1) is 0 Å². The third-order valence-electron chi connectivity index (χ3n) is 2.36. The summed E-state index contributed by atoms with van der Waals surface area (Å²) >= 11 is 3.39. The molecule has 4 nitrogen and oxygen atoms in total. The van der Waals surface area contributed by atoms with E-state index < -0.39 is 0 Å². The quantitative estimate of drug-likeness (QED) is 0.871. The molecule has 0 saturated heterocycles. The Kier molecular flexibility index (Phi) is 6.15. The number of pyridine rings is 1. The Morgan fingerprint density at radius 2 is 2.24 bits per heavy atom. The van der Waals surface area contributed by atoms with Gasteiger partial charge < -0.3 is 5.32 Å². The lowest BCUT2D eigenvalue weighted by molar-refractivity contribution is -0.122. The van der Waals surface area contributed by atoms with Gasteiger partial charge in [0.2, 0.25) is 5.91 Å². The van der Waals surface area contributed by atoms with E-state index in [1.165, 1.54) is 0 Å². The third-order valence-corrected chi connectivity index (χ3v) is 2.79. The minimum atomic E-state index is 0.0669. The van der Waals surface area contributed by atoms with Crippen molar-refractivity contribution in [3.05, 3.63) is 28.5 Å². The summed E-state index contributed by atoms with van der Waals surface area (Å²) in [6.07, 6.45) is 3.58. The molecule has 0 bridgehead atoms. The Morgan fingerprint density at radius 1 is 1.47 bits per heavy atom. The van der Waals surface area contributed by atoms with Crippen LogP contribution in [0.4, 0.5) is 0 Å². The molecule has 0 aliphatic heterocycles. The molecule has 1 N–H and O–H groups in total. The molecule has 0 atom stereocenters. The van der Waals surface area contributed by atoms with Crippen molar-refractivity contribution < 1.29 is 4.79 Å². The van der Waals surface area contributed by atoms with Gasteiger partial charge in [-0.25, -0.2) is 0 Å². The van der Waals surface area contributed by atoms with Gasteiger partial charge in [0.15, 0.2) is 0 Å². The van der Waals surface area contributed by atoms with E-state index in [1.54, 1.807) is 6.20 Å². The van der Waals surface area contributed by atoms with Crippen LogP contribution in [0.1, 0.15) is 19.4 Å². The number of rotatable bonds is 6. The topological polar surface area (TPSA) is 45.2 Å². The molecule has 5 heteroatoms. The number of carbonyl (C=O) groups excluding carboxylic acids is 1. The second-order valence-corrected chi connectivity index (χ2v) is 4.68. The van der Waals surface area contributed by atoms with E-state index in [2.05, 4.69) is 31.1 Å². The number of hydrogen-bond acceptors (Lipinski definition) is 3. The number of aromatic nitrogens is 1. The van der Waals surface area contributed by atoms with E-state index in [-0.39, 0.29) is 5.91 Å². The fourth-order valence-corrected chi connectivity index (χ4v) is 1.95. The molecule has 0 saturated carbocycles. The Morgan fingerprint density at radius 3 is 2.82 bits per heavy atom. The molecule has 0 aliphatic rings. The van der Waals surface area contributed by atoms with E-state index in [0.717, 1.165) is 23.1 Å². The van der Waals surface area contributed by atoms with E-state index in [0.29, 0.717) is 13.1 Å². The van der Waals surface area contributed by atoms with Gasteiger partial charge in [0, 0.05) is 30.0 Å². The highest BCUT2D eigenvalue weighted by atomic mass is 79.9. The van der Waals surface area contributed by atoms with Crippen LogP contribution in [0.5, 0.6) is 0 Å². The zero-order chi connectivity index (χ0) is 12.7. The lowest BCUT2D eigenvalue weighted by atomic mass is 10.2. The largest absolute Gasteiger partial charge is 0.355 e. The Labute approximate surface area is 111 Å². The lowest BCUT2D eigenvalue weighted by Crippen LogP contribution is -2.36. The van der Waals surface area contributed by atoms with E-state index in [1.807, 2.05) is 26.1 Å². The summed E-state index contributed by atoms with van der Waals surface area (Å²) in [5.41, 5.74) is 1.10. The second-order valence-electron chi connectivity index (χ2n) is 3.77. The van der Waals surface area contributed by atoms with E-state index in [4.69, 9.17) is 0 Å². The van der Waals surface area contributed by atoms with Crippen LogP contribution in [0.15, 0.2) is 22.9 Å². The van der Waals surface area contributed by atoms with Crippen molar-refractivity contribution in [2.75, 3.05) is 19.6 Å². The van der Waals surface area contributed by atoms with Gasteiger partial charge in [0.1, 0.15) is 0 Å². The highest BCUT2D eigenvalue weighted by Crippen LogP contribution is 2.11. The Hall–Kier alpha value is -0.940. The van der Waals surface area contributed by atoms with Gasteiger partial charge in [-0.1, -0.05) is 6.92 Å². The average Bonchev–Trinajstić information content (AvgIpc) is 2.28. The number of carbonyl (C=O) groups is 1. The summed E-state index contributed by atoms with van der Waals surface area (Å²) < 4.78 is 0.962. The molecule has 0 spiro atoms. The van der Waals surface area contributed by atoms with Crippen LogP contribution in [0.3, 0.4) is 0 Å². The molecule has 1 rings (SSSR count). The summed E-state index contributed by atoms with van der Waals surface area (Å²) in [5, 5.41) is 2.80. The highest BCUT2D eigenvalue weighted by molar-refractivity contribution is 9.10. The monoisotopic (exact) mass is 299 g/mol. The summed E-state index contributed by atoms with van der Waals surface area (Å²) in [7, 11) is 0. The van der Waals surface area contributed by atoms with Crippen molar-refractivity contribution in [3.63, 3.8) is 0 Å². The molecule has 94 valence electrons. The molecule has 0 aliphatic carbocycles. The van der Waals surface area contributed by atoms with Crippen molar-refractivity contribution in [2.45, 2.75) is 20.4 Å². The highest BCUT2D eigenvalue weighted by Gasteiger charge is 2.09. The number of nitrogens with one attached hydrogen (secondary N) is 1. The number of hydrogen-bond donors (Lipinski definition) is 1. The van der Waals surface area contributed by atoms with Gasteiger partial charge in [0.05, 0.1) is 6.54 Å². The van der Waals surface area contributed by atoms with Gasteiger partial charge in [-0.2, -0.15) is 0 Å². The third kappa shape index (κ3) is 5.28. The van der Waals surface area contributed by atoms with Crippen LogP contribution in [-0.2, 0) is 11.3 Å². The maximum Gasteiger partial charge on any atom is 0.234 e. The summed E-state index contributed by atoms with van der Waals surface area (Å²) in [5.74, 6) is 0.0669. The predicted octanol–water partition coefficient (Wildman–Crippen LogP) is 1.80. The molecule has 1 aromatic rings. The first kappa shape index (κ1) is 14.1. The maximum absolute atomic E-state index is 11.5. The molecule has 17 heavy (non-hydrogen) atoms. The van der Waals surface area contributed by atoms with Gasteiger partial charge in [-0.3, -0.25) is 14.7 Å². The number of nitrogens with zero attached hydrogens (tertiary/aromatic N) is 2. The average molecular weight is 300 g/mol. The zero-order valence-corrected chi connectivity index (χ0v) is 11.8. The van der Waals surface area contributed by atoms with Gasteiger partial charge >= 0.3 is 0 Å². The van der Waals surface area contributed by atoms with Crippen LogP contribution < -0.4 is 5.32 Å². The summed E-state index contributed by atoms with van der Waals surface area (Å²) in [6, 6.07) is 2.02. The molecular formula is C12H18BrN3O. The molecule has 1 heterocycles. The van der Waals surface area contributed by atoms with Crippen molar-refractivity contribution >= 4 is 21.8 Å².